The molecule has 4 aromatic carbocycles. The summed E-state index contributed by atoms with van der Waals surface area (Å²) in [6, 6.07) is 36.7. The monoisotopic (exact) mass is 734 g/mol. The van der Waals surface area contributed by atoms with Gasteiger partial charge in [0, 0.05) is 61.1 Å². The number of hydrogen-bond donors (Lipinski definition) is 4. The van der Waals surface area contributed by atoms with Crippen molar-refractivity contribution in [1.29, 1.82) is 0 Å². The van der Waals surface area contributed by atoms with Gasteiger partial charge in [-0.15, -0.1) is 20.5 Å². The summed E-state index contributed by atoms with van der Waals surface area (Å²) in [6.45, 7) is 0. The fourth-order valence-corrected chi connectivity index (χ4v) is 5.71. The third kappa shape index (κ3) is 8.73. The van der Waals surface area contributed by atoms with Crippen LogP contribution in [0.2, 0.25) is 0 Å². The lowest BCUT2D eigenvalue weighted by Gasteiger charge is -2.19. The first kappa shape index (κ1) is 36.4. The Morgan fingerprint density at radius 1 is 0.566 bits per heavy atom. The van der Waals surface area contributed by atoms with Crippen LogP contribution in [0.4, 0.5) is 11.4 Å². The van der Waals surface area contributed by atoms with Crippen LogP contribution in [0.15, 0.2) is 140 Å². The lowest BCUT2D eigenvalue weighted by atomic mass is 10.1. The number of azo groups is 2. The molecule has 8 rings (SSSR count). The molecule has 4 heterocycles. The summed E-state index contributed by atoms with van der Waals surface area (Å²) >= 11 is 0. The Kier molecular flexibility index (Phi) is 10.9. The average Bonchev–Trinajstić information content (AvgIpc) is 3.89. The predicted octanol–water partition coefficient (Wildman–Crippen LogP) is 7.39. The maximum Gasteiger partial charge on any atom is 0.394 e. The molecular formula is C36H38N12O4S. The summed E-state index contributed by atoms with van der Waals surface area (Å²) < 4.78 is 31.6. The molecule has 6 aromatic rings. The summed E-state index contributed by atoms with van der Waals surface area (Å²) in [5.74, 6) is 0. The van der Waals surface area contributed by atoms with Crippen LogP contribution in [0, 0.1) is 0 Å². The van der Waals surface area contributed by atoms with Crippen molar-refractivity contribution in [1.82, 2.24) is 29.8 Å². The molecule has 53 heavy (non-hydrogen) atoms. The molecule has 0 saturated carbocycles. The first-order valence-electron chi connectivity index (χ1n) is 16.3. The number of fused-ring (bicyclic) bond motifs is 2. The van der Waals surface area contributed by atoms with Crippen LogP contribution < -0.4 is 0 Å². The number of benzene rings is 4. The molecule has 4 N–H and O–H groups in total. The molecule has 0 saturated heterocycles. The lowest BCUT2D eigenvalue weighted by molar-refractivity contribution is 0.183. The van der Waals surface area contributed by atoms with Crippen LogP contribution in [0.1, 0.15) is 0 Å². The zero-order valence-electron chi connectivity index (χ0n) is 29.3. The number of hydrazone groups is 2. The van der Waals surface area contributed by atoms with E-state index in [0.29, 0.717) is 0 Å². The van der Waals surface area contributed by atoms with Gasteiger partial charge < -0.3 is 19.8 Å². The van der Waals surface area contributed by atoms with Crippen LogP contribution in [-0.2, 0) is 10.4 Å². The molecule has 272 valence electrons. The van der Waals surface area contributed by atoms with E-state index in [1.54, 1.807) is 22.7 Å². The zero-order chi connectivity index (χ0) is 37.5. The van der Waals surface area contributed by atoms with Gasteiger partial charge in [-0.05, 0) is 12.1 Å². The molecule has 0 spiro atoms. The highest BCUT2D eigenvalue weighted by atomic mass is 32.3. The van der Waals surface area contributed by atoms with Crippen molar-refractivity contribution in [2.75, 3.05) is 28.2 Å². The van der Waals surface area contributed by atoms with Crippen molar-refractivity contribution in [2.45, 2.75) is 12.6 Å². The second-order valence-electron chi connectivity index (χ2n) is 12.0. The molecule has 0 radical (unpaired) electrons. The van der Waals surface area contributed by atoms with Crippen LogP contribution in [0.3, 0.4) is 0 Å². The first-order chi connectivity index (χ1) is 25.5. The Morgan fingerprint density at radius 3 is 1.25 bits per heavy atom. The van der Waals surface area contributed by atoms with E-state index in [1.807, 2.05) is 98.7 Å². The number of nitrogens with one attached hydrogen (secondary N) is 2. The van der Waals surface area contributed by atoms with Gasteiger partial charge in [0.1, 0.15) is 24.1 Å². The largest absolute Gasteiger partial charge is 0.394 e. The number of aromatic nitrogens is 2. The van der Waals surface area contributed by atoms with E-state index in [0.717, 1.165) is 55.7 Å². The molecule has 2 aliphatic rings. The van der Waals surface area contributed by atoms with E-state index >= 15 is 0 Å². The SMILES string of the molecule is CN1C=NN(C)C1N=Nc1c(-c2ccccc2)[nH]c2ccccc12.CN1C=NN(C)C1N=Nc1c(-c2ccccc2)[nH]c2ccccc12.O=S(=O)(O)O. The van der Waals surface area contributed by atoms with Gasteiger partial charge in [-0.3, -0.25) is 19.1 Å². The fraction of sp³-hybridized carbons (Fsp3) is 0.167. The molecule has 17 heteroatoms. The van der Waals surface area contributed by atoms with Gasteiger partial charge in [0.05, 0.1) is 11.4 Å². The van der Waals surface area contributed by atoms with E-state index in [1.165, 1.54) is 0 Å². The fourth-order valence-electron chi connectivity index (χ4n) is 5.71. The van der Waals surface area contributed by atoms with Gasteiger partial charge in [0.25, 0.3) is 0 Å². The van der Waals surface area contributed by atoms with E-state index < -0.39 is 10.4 Å². The summed E-state index contributed by atoms with van der Waals surface area (Å²) in [4.78, 5) is 10.8. The molecule has 2 atom stereocenters. The number of nitrogens with zero attached hydrogens (tertiary/aromatic N) is 10. The van der Waals surface area contributed by atoms with Crippen LogP contribution in [-0.4, -0.2) is 101 Å². The van der Waals surface area contributed by atoms with Crippen molar-refractivity contribution in [3.63, 3.8) is 0 Å². The van der Waals surface area contributed by atoms with E-state index in [-0.39, 0.29) is 12.6 Å². The van der Waals surface area contributed by atoms with Crippen molar-refractivity contribution in [3.8, 4) is 22.5 Å². The minimum atomic E-state index is -4.67. The summed E-state index contributed by atoms with van der Waals surface area (Å²) in [5, 5.41) is 32.3. The molecule has 0 amide bonds. The van der Waals surface area contributed by atoms with Gasteiger partial charge in [-0.25, -0.2) is 0 Å². The highest BCUT2D eigenvalue weighted by Gasteiger charge is 2.23. The summed E-state index contributed by atoms with van der Waals surface area (Å²) in [5.41, 5.74) is 7.94. The van der Waals surface area contributed by atoms with Crippen molar-refractivity contribution >= 4 is 56.3 Å². The summed E-state index contributed by atoms with van der Waals surface area (Å²) in [7, 11) is 2.97. The Bertz CT molecular complexity index is 2210. The first-order valence-corrected chi connectivity index (χ1v) is 17.7. The highest BCUT2D eigenvalue weighted by molar-refractivity contribution is 7.79. The Morgan fingerprint density at radius 2 is 0.906 bits per heavy atom. The second-order valence-corrected chi connectivity index (χ2v) is 12.9. The molecule has 0 bridgehead atoms. The number of rotatable bonds is 6. The molecule has 2 unspecified atom stereocenters. The quantitative estimate of drug-likeness (QED) is 0.100. The van der Waals surface area contributed by atoms with Crippen molar-refractivity contribution in [2.24, 2.45) is 30.7 Å². The minimum absolute atomic E-state index is 0.220. The standard InChI is InChI=1S/2C18H18N6.H2O4S/c2*1-23-12-19-24(2)18(23)22-21-17-14-10-6-7-11-15(14)20-16(17)13-8-4-3-5-9-13;1-5(2,3)4/h2*3-12,18,20H,1-2H3;(H2,1,2,3,4). The molecule has 2 aromatic heterocycles. The average molecular weight is 735 g/mol. The third-order valence-corrected chi connectivity index (χ3v) is 8.23. The topological polar surface area (TPSA) is 193 Å². The predicted molar refractivity (Wildman–Crippen MR) is 206 cm³/mol. The molecule has 2 aliphatic heterocycles. The second kappa shape index (κ2) is 15.9. The van der Waals surface area contributed by atoms with E-state index in [9.17, 15) is 0 Å². The normalized spacial score (nSPS) is 16.9. The van der Waals surface area contributed by atoms with Gasteiger partial charge >= 0.3 is 10.4 Å². The molecule has 16 nitrogen and oxygen atoms in total. The highest BCUT2D eigenvalue weighted by Crippen LogP contribution is 2.39. The smallest absolute Gasteiger partial charge is 0.353 e. The van der Waals surface area contributed by atoms with Crippen molar-refractivity contribution < 1.29 is 17.5 Å². The van der Waals surface area contributed by atoms with E-state index in [4.69, 9.17) is 17.5 Å². The maximum absolute atomic E-state index is 8.74. The van der Waals surface area contributed by atoms with Crippen molar-refractivity contribution in [3.05, 3.63) is 109 Å². The molecule has 0 aliphatic carbocycles. The van der Waals surface area contributed by atoms with Gasteiger partial charge in [0.15, 0.2) is 0 Å². The number of H-pyrrole nitrogens is 2. The Hall–Kier alpha value is -6.43. The Balaban J connectivity index is 0.000000161. The number of aromatic amines is 2. The molecule has 0 fully saturated rings. The summed E-state index contributed by atoms with van der Waals surface area (Å²) in [6.07, 6.45) is 3.05. The minimum Gasteiger partial charge on any atom is -0.353 e. The number of para-hydroxylation sites is 2. The van der Waals surface area contributed by atoms with Gasteiger partial charge in [0.2, 0.25) is 12.6 Å². The Labute approximate surface area is 306 Å². The van der Waals surface area contributed by atoms with Crippen LogP contribution in [0.5, 0.6) is 0 Å². The van der Waals surface area contributed by atoms with Gasteiger partial charge in [-0.1, -0.05) is 97.1 Å². The molecular weight excluding hydrogens is 697 g/mol. The van der Waals surface area contributed by atoms with Crippen LogP contribution in [0.25, 0.3) is 44.3 Å². The maximum atomic E-state index is 8.74. The van der Waals surface area contributed by atoms with Gasteiger partial charge in [-0.2, -0.15) is 18.6 Å². The van der Waals surface area contributed by atoms with Crippen LogP contribution >= 0.6 is 0 Å². The number of hydrogen-bond acceptors (Lipinski definition) is 12. The third-order valence-electron chi connectivity index (χ3n) is 8.23. The zero-order valence-corrected chi connectivity index (χ0v) is 30.1. The van der Waals surface area contributed by atoms with E-state index in [2.05, 4.69) is 89.2 Å². The lowest BCUT2D eigenvalue weighted by Crippen LogP contribution is -2.32.